The van der Waals surface area contributed by atoms with Crippen molar-refractivity contribution in [2.24, 2.45) is 5.10 Å². The molecule has 0 fully saturated rings. The van der Waals surface area contributed by atoms with Crippen LogP contribution in [0.3, 0.4) is 0 Å². The number of rotatable bonds is 6. The Balaban J connectivity index is 1.77. The second kappa shape index (κ2) is 8.96. The molecule has 2 aromatic rings. The van der Waals surface area contributed by atoms with Crippen LogP contribution in [-0.2, 0) is 4.79 Å². The number of carbonyl (C=O) groups excluding carboxylic acids is 1. The Morgan fingerprint density at radius 3 is 2.48 bits per heavy atom. The highest BCUT2D eigenvalue weighted by Crippen LogP contribution is 2.22. The SMILES string of the molecule is Cc1ccc(SCCC(=O)N/N=C\c2c(Cl)cccc2Cl)cc1. The quantitative estimate of drug-likeness (QED) is 0.447. The Kier molecular flexibility index (Phi) is 6.96. The smallest absolute Gasteiger partial charge is 0.240 e. The number of hydrazone groups is 1. The molecule has 0 aliphatic heterocycles. The molecule has 0 aliphatic carbocycles. The zero-order valence-electron chi connectivity index (χ0n) is 12.6. The number of benzene rings is 2. The van der Waals surface area contributed by atoms with Crippen LogP contribution in [0.2, 0.25) is 10.0 Å². The number of hydrogen-bond acceptors (Lipinski definition) is 3. The minimum absolute atomic E-state index is 0.149. The van der Waals surface area contributed by atoms with E-state index in [4.69, 9.17) is 23.2 Å². The summed E-state index contributed by atoms with van der Waals surface area (Å²) in [6, 6.07) is 13.4. The molecule has 3 nitrogen and oxygen atoms in total. The van der Waals surface area contributed by atoms with Crippen molar-refractivity contribution in [2.45, 2.75) is 18.2 Å². The van der Waals surface area contributed by atoms with Crippen LogP contribution in [0.15, 0.2) is 52.5 Å². The topological polar surface area (TPSA) is 41.5 Å². The van der Waals surface area contributed by atoms with Gasteiger partial charge in [0.1, 0.15) is 0 Å². The Morgan fingerprint density at radius 1 is 1.17 bits per heavy atom. The van der Waals surface area contributed by atoms with E-state index in [2.05, 4.69) is 34.8 Å². The molecule has 2 aromatic carbocycles. The van der Waals surface area contributed by atoms with E-state index in [9.17, 15) is 4.79 Å². The summed E-state index contributed by atoms with van der Waals surface area (Å²) in [7, 11) is 0. The van der Waals surface area contributed by atoms with Crippen LogP contribution in [-0.4, -0.2) is 17.9 Å². The van der Waals surface area contributed by atoms with Crippen LogP contribution in [0.5, 0.6) is 0 Å². The van der Waals surface area contributed by atoms with E-state index in [1.165, 1.54) is 11.8 Å². The van der Waals surface area contributed by atoms with Gasteiger partial charge in [-0.15, -0.1) is 11.8 Å². The van der Waals surface area contributed by atoms with E-state index >= 15 is 0 Å². The molecule has 6 heteroatoms. The highest BCUT2D eigenvalue weighted by Gasteiger charge is 2.03. The summed E-state index contributed by atoms with van der Waals surface area (Å²) in [6.45, 7) is 2.05. The second-order valence-corrected chi connectivity index (χ2v) is 6.82. The molecule has 23 heavy (non-hydrogen) atoms. The number of halogens is 2. The lowest BCUT2D eigenvalue weighted by Crippen LogP contribution is -2.17. The molecular formula is C17H16Cl2N2OS. The monoisotopic (exact) mass is 366 g/mol. The van der Waals surface area contributed by atoms with Gasteiger partial charge in [-0.2, -0.15) is 5.10 Å². The fraction of sp³-hybridized carbons (Fsp3) is 0.176. The van der Waals surface area contributed by atoms with Gasteiger partial charge in [-0.05, 0) is 31.2 Å². The molecule has 120 valence electrons. The molecule has 0 aromatic heterocycles. The third-order valence-electron chi connectivity index (χ3n) is 3.00. The maximum atomic E-state index is 11.7. The molecule has 0 aliphatic rings. The first-order valence-corrected chi connectivity index (χ1v) is 8.76. The van der Waals surface area contributed by atoms with Crippen LogP contribution in [0.25, 0.3) is 0 Å². The summed E-state index contributed by atoms with van der Waals surface area (Å²) in [5, 5.41) is 4.88. The fourth-order valence-corrected chi connectivity index (χ4v) is 3.10. The number of nitrogens with one attached hydrogen (secondary N) is 1. The summed E-state index contributed by atoms with van der Waals surface area (Å²) >= 11 is 13.7. The minimum Gasteiger partial charge on any atom is -0.273 e. The van der Waals surface area contributed by atoms with Crippen LogP contribution in [0.4, 0.5) is 0 Å². The predicted octanol–water partition coefficient (Wildman–Crippen LogP) is 4.93. The van der Waals surface area contributed by atoms with Crippen LogP contribution in [0, 0.1) is 6.92 Å². The third kappa shape index (κ3) is 5.90. The van der Waals surface area contributed by atoms with Crippen molar-refractivity contribution in [3.05, 3.63) is 63.6 Å². The first kappa shape index (κ1) is 17.9. The van der Waals surface area contributed by atoms with E-state index < -0.39 is 0 Å². The molecule has 0 unspecified atom stereocenters. The number of thioether (sulfide) groups is 1. The number of aryl methyl sites for hydroxylation is 1. The minimum atomic E-state index is -0.149. The van der Waals surface area contributed by atoms with E-state index in [1.54, 1.807) is 30.0 Å². The van der Waals surface area contributed by atoms with Gasteiger partial charge in [-0.1, -0.05) is 47.0 Å². The summed E-state index contributed by atoms with van der Waals surface area (Å²) in [5.41, 5.74) is 4.29. The predicted molar refractivity (Wildman–Crippen MR) is 98.7 cm³/mol. The van der Waals surface area contributed by atoms with Crippen molar-refractivity contribution in [1.82, 2.24) is 5.43 Å². The lowest BCUT2D eigenvalue weighted by molar-refractivity contribution is -0.120. The molecular weight excluding hydrogens is 351 g/mol. The first-order valence-electron chi connectivity index (χ1n) is 7.01. The largest absolute Gasteiger partial charge is 0.273 e. The fourth-order valence-electron chi connectivity index (χ4n) is 1.75. The molecule has 0 saturated heterocycles. The van der Waals surface area contributed by atoms with Crippen LogP contribution in [0.1, 0.15) is 17.5 Å². The van der Waals surface area contributed by atoms with Crippen molar-refractivity contribution < 1.29 is 4.79 Å². The molecule has 1 amide bonds. The maximum Gasteiger partial charge on any atom is 0.240 e. The van der Waals surface area contributed by atoms with Crippen molar-refractivity contribution in [1.29, 1.82) is 0 Å². The number of carbonyl (C=O) groups is 1. The van der Waals surface area contributed by atoms with Gasteiger partial charge in [0.2, 0.25) is 5.91 Å². The number of amides is 1. The van der Waals surface area contributed by atoms with Gasteiger partial charge in [-0.25, -0.2) is 5.43 Å². The Labute approximate surface area is 150 Å². The summed E-state index contributed by atoms with van der Waals surface area (Å²) < 4.78 is 0. The van der Waals surface area contributed by atoms with Gasteiger partial charge in [0.15, 0.2) is 0 Å². The standard InChI is InChI=1S/C17H16Cl2N2OS/c1-12-5-7-13(8-6-12)23-10-9-17(22)21-20-11-14-15(18)3-2-4-16(14)19/h2-8,11H,9-10H2,1H3,(H,21,22)/b20-11-. The van der Waals surface area contributed by atoms with E-state index in [-0.39, 0.29) is 5.91 Å². The normalized spacial score (nSPS) is 10.9. The summed E-state index contributed by atoms with van der Waals surface area (Å²) in [5.74, 6) is 0.543. The molecule has 2 rings (SSSR count). The van der Waals surface area contributed by atoms with Gasteiger partial charge < -0.3 is 0 Å². The summed E-state index contributed by atoms with van der Waals surface area (Å²) in [4.78, 5) is 12.9. The average molecular weight is 367 g/mol. The molecule has 0 atom stereocenters. The van der Waals surface area contributed by atoms with Gasteiger partial charge in [0.05, 0.1) is 16.3 Å². The molecule has 1 N–H and O–H groups in total. The molecule has 0 saturated carbocycles. The van der Waals surface area contributed by atoms with Gasteiger partial charge in [0.25, 0.3) is 0 Å². The van der Waals surface area contributed by atoms with Crippen molar-refractivity contribution in [3.8, 4) is 0 Å². The summed E-state index contributed by atoms with van der Waals surface area (Å²) in [6.07, 6.45) is 1.84. The highest BCUT2D eigenvalue weighted by molar-refractivity contribution is 7.99. The first-order chi connectivity index (χ1) is 11.1. The molecule has 0 spiro atoms. The number of nitrogens with zero attached hydrogens (tertiary/aromatic N) is 1. The third-order valence-corrected chi connectivity index (χ3v) is 4.67. The lowest BCUT2D eigenvalue weighted by atomic mass is 10.2. The van der Waals surface area contributed by atoms with Crippen molar-refractivity contribution in [2.75, 3.05) is 5.75 Å². The average Bonchev–Trinajstić information content (AvgIpc) is 2.52. The zero-order chi connectivity index (χ0) is 16.7. The van der Waals surface area contributed by atoms with Gasteiger partial charge >= 0.3 is 0 Å². The van der Waals surface area contributed by atoms with Crippen LogP contribution >= 0.6 is 35.0 Å². The van der Waals surface area contributed by atoms with Crippen molar-refractivity contribution in [3.63, 3.8) is 0 Å². The Bertz CT molecular complexity index is 682. The van der Waals surface area contributed by atoms with Gasteiger partial charge in [0, 0.05) is 22.6 Å². The molecule has 0 heterocycles. The second-order valence-electron chi connectivity index (χ2n) is 4.84. The van der Waals surface area contributed by atoms with Crippen molar-refractivity contribution >= 4 is 47.1 Å². The lowest BCUT2D eigenvalue weighted by Gasteiger charge is -2.03. The molecule has 0 radical (unpaired) electrons. The zero-order valence-corrected chi connectivity index (χ0v) is 14.9. The van der Waals surface area contributed by atoms with Gasteiger partial charge in [-0.3, -0.25) is 4.79 Å². The number of hydrogen-bond donors (Lipinski definition) is 1. The van der Waals surface area contributed by atoms with Crippen LogP contribution < -0.4 is 5.43 Å². The Morgan fingerprint density at radius 2 is 1.83 bits per heavy atom. The maximum absolute atomic E-state index is 11.7. The highest BCUT2D eigenvalue weighted by atomic mass is 35.5. The van der Waals surface area contributed by atoms with E-state index in [1.807, 2.05) is 6.92 Å². The van der Waals surface area contributed by atoms with E-state index in [0.717, 1.165) is 4.90 Å². The Hall–Kier alpha value is -1.49. The van der Waals surface area contributed by atoms with E-state index in [0.29, 0.717) is 27.8 Å². The molecule has 0 bridgehead atoms.